The van der Waals surface area contributed by atoms with Crippen LogP contribution in [-0.2, 0) is 12.3 Å². The average Bonchev–Trinajstić information content (AvgIpc) is 2.64. The van der Waals surface area contributed by atoms with E-state index >= 15 is 0 Å². The Morgan fingerprint density at radius 2 is 1.00 bits per heavy atom. The second kappa shape index (κ2) is 10.5. The van der Waals surface area contributed by atoms with Gasteiger partial charge in [0.2, 0.25) is 0 Å². The number of rotatable bonds is 12. The maximum atomic E-state index is 7.87. The molecule has 0 amide bonds. The first-order valence-electron chi connectivity index (χ1n) is 10.4. The Morgan fingerprint density at radius 1 is 0.615 bits per heavy atom. The molecule has 0 spiro atoms. The Kier molecular flexibility index (Phi) is 8.65. The number of hydrogen-bond donors (Lipinski definition) is 0. The van der Waals surface area contributed by atoms with Crippen LogP contribution < -0.4 is 0 Å². The van der Waals surface area contributed by atoms with Crippen LogP contribution in [0.25, 0.3) is 0 Å². The molecule has 0 aliphatic heterocycles. The normalized spacial score (nSPS) is 13.3. The van der Waals surface area contributed by atoms with Crippen LogP contribution in [-0.4, -0.2) is 12.3 Å². The van der Waals surface area contributed by atoms with E-state index in [-0.39, 0.29) is 0 Å². The van der Waals surface area contributed by atoms with Crippen LogP contribution in [0.4, 0.5) is 0 Å². The van der Waals surface area contributed by atoms with Gasteiger partial charge in [0, 0.05) is 0 Å². The summed E-state index contributed by atoms with van der Waals surface area (Å²) in [5.74, 6) is -2.38. The van der Waals surface area contributed by atoms with Crippen molar-refractivity contribution >= 4 is 17.2 Å². The van der Waals surface area contributed by atoms with Crippen molar-refractivity contribution in [3.8, 4) is 0 Å². The van der Waals surface area contributed by atoms with Gasteiger partial charge < -0.3 is 0 Å². The molecule has 2 aromatic carbocycles. The van der Waals surface area contributed by atoms with Crippen molar-refractivity contribution in [3.63, 3.8) is 0 Å². The van der Waals surface area contributed by atoms with Crippen LogP contribution in [0.15, 0.2) is 60.7 Å². The molecule has 0 saturated heterocycles. The molecule has 0 radical (unpaired) electrons. The number of halogens is 1. The monoisotopic (exact) mass is 390 g/mol. The summed E-state index contributed by atoms with van der Waals surface area (Å²) in [6, 6.07) is 22.0. The molecule has 0 fully saturated rings. The summed E-state index contributed by atoms with van der Waals surface area (Å²) in [5, 5.41) is 0. The zero-order valence-corrected chi connectivity index (χ0v) is 18.3. The summed E-state index contributed by atoms with van der Waals surface area (Å²) < 4.78 is 0. The minimum atomic E-state index is -2.38. The van der Waals surface area contributed by atoms with Gasteiger partial charge in [0.25, 0.3) is 0 Å². The van der Waals surface area contributed by atoms with E-state index in [0.717, 1.165) is 12.3 Å². The molecule has 0 heterocycles. The van der Waals surface area contributed by atoms with Gasteiger partial charge in [-0.25, -0.2) is 0 Å². The van der Waals surface area contributed by atoms with E-state index in [4.69, 9.17) is 11.2 Å². The molecule has 0 aliphatic carbocycles. The van der Waals surface area contributed by atoms with Crippen molar-refractivity contribution in [2.75, 3.05) is 12.3 Å². The van der Waals surface area contributed by atoms with Gasteiger partial charge in [-0.3, -0.25) is 0 Å². The van der Waals surface area contributed by atoms with Crippen LogP contribution in [0, 0.1) is 0 Å². The van der Waals surface area contributed by atoms with E-state index in [1.807, 2.05) is 0 Å². The third kappa shape index (κ3) is 6.71. The van der Waals surface area contributed by atoms with Crippen molar-refractivity contribution in [2.45, 2.75) is 64.7 Å². The second-order valence-electron chi connectivity index (χ2n) is 7.97. The molecule has 0 aliphatic rings. The van der Waals surface area contributed by atoms with E-state index < -0.39 is 5.96 Å². The Morgan fingerprint density at radius 3 is 1.35 bits per heavy atom. The van der Waals surface area contributed by atoms with Gasteiger partial charge in [-0.1, -0.05) is 0 Å². The zero-order chi connectivity index (χ0) is 18.7. The number of unbranched alkanes of at least 4 members (excludes halogenated alkanes) is 4. The van der Waals surface area contributed by atoms with Crippen LogP contribution in [0.2, 0.25) is 0 Å². The fourth-order valence-corrected chi connectivity index (χ4v) is 10.9. The maximum absolute atomic E-state index is 7.87. The van der Waals surface area contributed by atoms with Gasteiger partial charge in [-0.05, 0) is 0 Å². The summed E-state index contributed by atoms with van der Waals surface area (Å²) in [7, 11) is 0. The third-order valence-electron chi connectivity index (χ3n) is 5.48. The summed E-state index contributed by atoms with van der Waals surface area (Å²) in [6.07, 6.45) is 12.2. The van der Waals surface area contributed by atoms with Crippen molar-refractivity contribution in [1.82, 2.24) is 0 Å². The van der Waals surface area contributed by atoms with Crippen LogP contribution in [0.1, 0.15) is 63.5 Å². The predicted molar refractivity (Wildman–Crippen MR) is 122 cm³/mol. The molecule has 0 unspecified atom stereocenters. The topological polar surface area (TPSA) is 0 Å². The molecule has 0 aromatic heterocycles. The Bertz CT molecular complexity index is 568. The number of hydrogen-bond acceptors (Lipinski definition) is 0. The molecule has 144 valence electrons. The van der Waals surface area contributed by atoms with E-state index in [9.17, 15) is 0 Å². The first-order chi connectivity index (χ1) is 12.6. The first kappa shape index (κ1) is 21.5. The molecule has 0 nitrogen and oxygen atoms in total. The van der Waals surface area contributed by atoms with E-state index in [1.54, 1.807) is 0 Å². The summed E-state index contributed by atoms with van der Waals surface area (Å²) in [4.78, 5) is 0. The fourth-order valence-electron chi connectivity index (χ4n) is 4.08. The Labute approximate surface area is 166 Å². The Balaban J connectivity index is 2.34. The van der Waals surface area contributed by atoms with Gasteiger partial charge >= 0.3 is 166 Å². The third-order valence-corrected chi connectivity index (χ3v) is 12.4. The zero-order valence-electron chi connectivity index (χ0n) is 16.7. The van der Waals surface area contributed by atoms with E-state index in [0.29, 0.717) is 0 Å². The fraction of sp³-hybridized carbons (Fsp3) is 0.500. The molecule has 26 heavy (non-hydrogen) atoms. The van der Waals surface area contributed by atoms with Crippen molar-refractivity contribution in [1.29, 1.82) is 0 Å². The van der Waals surface area contributed by atoms with Gasteiger partial charge in [0.1, 0.15) is 0 Å². The first-order valence-corrected chi connectivity index (χ1v) is 14.3. The SMILES string of the molecule is CCCCCP(Cl)(CCCCC)(Cc1ccccc1)Cc1ccccc1. The molecule has 2 aromatic rings. The van der Waals surface area contributed by atoms with Gasteiger partial charge in [-0.2, -0.15) is 0 Å². The molecule has 2 rings (SSSR count). The molecule has 0 N–H and O–H groups in total. The molecular formula is C24H36ClP. The molecule has 0 bridgehead atoms. The van der Waals surface area contributed by atoms with Crippen molar-refractivity contribution < 1.29 is 0 Å². The van der Waals surface area contributed by atoms with Gasteiger partial charge in [-0.15, -0.1) is 0 Å². The Hall–Kier alpha value is -0.840. The molecular weight excluding hydrogens is 355 g/mol. The van der Waals surface area contributed by atoms with Crippen LogP contribution in [0.5, 0.6) is 0 Å². The van der Waals surface area contributed by atoms with E-state index in [1.165, 1.54) is 62.0 Å². The molecule has 0 saturated carbocycles. The van der Waals surface area contributed by atoms with Crippen molar-refractivity contribution in [2.24, 2.45) is 0 Å². The van der Waals surface area contributed by atoms with Crippen molar-refractivity contribution in [3.05, 3.63) is 71.8 Å². The average molecular weight is 391 g/mol. The molecule has 0 atom stereocenters. The summed E-state index contributed by atoms with van der Waals surface area (Å²) >= 11 is 7.87. The van der Waals surface area contributed by atoms with Crippen LogP contribution >= 0.6 is 17.2 Å². The molecule has 2 heteroatoms. The summed E-state index contributed by atoms with van der Waals surface area (Å²) in [6.45, 7) is 4.57. The second-order valence-corrected chi connectivity index (χ2v) is 16.0. The quantitative estimate of drug-likeness (QED) is 0.252. The standard InChI is InChI=1S/C24H36ClP/c1-3-5-13-19-26(25,20-14-6-4-2,21-23-15-9-7-10-16-23)22-24-17-11-8-12-18-24/h7-12,15-18H,3-6,13-14,19-22H2,1-2H3. The van der Waals surface area contributed by atoms with E-state index in [2.05, 4.69) is 74.5 Å². The van der Waals surface area contributed by atoms with Gasteiger partial charge in [0.15, 0.2) is 0 Å². The summed E-state index contributed by atoms with van der Waals surface area (Å²) in [5.41, 5.74) is 2.84. The van der Waals surface area contributed by atoms with Crippen LogP contribution in [0.3, 0.4) is 0 Å². The number of benzene rings is 2. The van der Waals surface area contributed by atoms with Gasteiger partial charge in [0.05, 0.1) is 0 Å². The predicted octanol–water partition coefficient (Wildman–Crippen LogP) is 8.47. The minimum absolute atomic E-state index is 1.08.